The Hall–Kier alpha value is -1.60. The molecular formula is C17H26F3NO4. The summed E-state index contributed by atoms with van der Waals surface area (Å²) in [5.74, 6) is -2.90. The first kappa shape index (κ1) is 21.4. The van der Waals surface area contributed by atoms with Crippen LogP contribution >= 0.6 is 0 Å². The highest BCUT2D eigenvalue weighted by Gasteiger charge is 2.70. The largest absolute Gasteiger partial charge is 0.441 e. The minimum atomic E-state index is -4.88. The molecule has 0 N–H and O–H groups in total. The van der Waals surface area contributed by atoms with Gasteiger partial charge in [-0.3, -0.25) is 14.4 Å². The van der Waals surface area contributed by atoms with Crippen LogP contribution in [0.2, 0.25) is 0 Å². The zero-order valence-corrected chi connectivity index (χ0v) is 15.7. The van der Waals surface area contributed by atoms with Gasteiger partial charge in [-0.15, -0.1) is 0 Å². The van der Waals surface area contributed by atoms with Gasteiger partial charge in [0.1, 0.15) is 0 Å². The molecule has 2 amide bonds. The van der Waals surface area contributed by atoms with Gasteiger partial charge in [-0.2, -0.15) is 13.2 Å². The number of amides is 2. The first-order chi connectivity index (χ1) is 10.9. The number of esters is 1. The lowest BCUT2D eigenvalue weighted by atomic mass is 9.58. The number of ether oxygens (including phenoxy) is 1. The molecule has 5 nitrogen and oxygen atoms in total. The topological polar surface area (TPSA) is 63.7 Å². The van der Waals surface area contributed by atoms with Crippen molar-refractivity contribution in [1.29, 1.82) is 0 Å². The predicted octanol–water partition coefficient (Wildman–Crippen LogP) is 3.67. The molecule has 0 saturated carbocycles. The summed E-state index contributed by atoms with van der Waals surface area (Å²) in [6.07, 6.45) is -6.95. The van der Waals surface area contributed by atoms with Gasteiger partial charge in [-0.05, 0) is 17.3 Å². The van der Waals surface area contributed by atoms with Gasteiger partial charge in [0.05, 0.1) is 6.42 Å². The fourth-order valence-electron chi connectivity index (χ4n) is 3.23. The van der Waals surface area contributed by atoms with E-state index in [1.165, 1.54) is 20.8 Å². The van der Waals surface area contributed by atoms with Crippen molar-refractivity contribution in [3.05, 3.63) is 0 Å². The number of carbonyl (C=O) groups excluding carboxylic acids is 3. The zero-order chi connectivity index (χ0) is 20.0. The first-order valence-electron chi connectivity index (χ1n) is 8.04. The van der Waals surface area contributed by atoms with Crippen molar-refractivity contribution in [2.75, 3.05) is 0 Å². The molecule has 25 heavy (non-hydrogen) atoms. The number of likely N-dealkylation sites (tertiary alicyclic amines) is 1. The van der Waals surface area contributed by atoms with Crippen LogP contribution in [0.5, 0.6) is 0 Å². The number of hydrogen-bond donors (Lipinski definition) is 0. The maximum absolute atomic E-state index is 14.2. The van der Waals surface area contributed by atoms with E-state index in [2.05, 4.69) is 0 Å². The molecule has 2 unspecified atom stereocenters. The number of halogens is 3. The Morgan fingerprint density at radius 1 is 1.12 bits per heavy atom. The van der Waals surface area contributed by atoms with Crippen molar-refractivity contribution in [1.82, 2.24) is 4.90 Å². The first-order valence-corrected chi connectivity index (χ1v) is 8.04. The van der Waals surface area contributed by atoms with Crippen molar-refractivity contribution < 1.29 is 32.3 Å². The highest BCUT2D eigenvalue weighted by atomic mass is 19.4. The van der Waals surface area contributed by atoms with Gasteiger partial charge in [0, 0.05) is 6.92 Å². The molecular weight excluding hydrogens is 339 g/mol. The summed E-state index contributed by atoms with van der Waals surface area (Å²) in [5.41, 5.74) is -5.12. The number of carbonyl (C=O) groups is 3. The molecule has 0 aromatic carbocycles. The smallest absolute Gasteiger partial charge is 0.403 e. The molecule has 1 aliphatic heterocycles. The fraction of sp³-hybridized carbons (Fsp3) is 0.824. The Labute approximate surface area is 145 Å². The molecule has 2 atom stereocenters. The molecule has 1 heterocycles. The lowest BCUT2D eigenvalue weighted by molar-refractivity contribution is -0.267. The standard InChI is InChI=1S/C17H26F3NO4/c1-10(22)25-12-8-11(23)21(12)13(24)16(15(5,6)7,17(18,19)20)9-14(2,3)4/h12H,8-9H2,1-7H3. The molecule has 0 aliphatic carbocycles. The van der Waals surface area contributed by atoms with Crippen LogP contribution < -0.4 is 0 Å². The Morgan fingerprint density at radius 3 is 1.88 bits per heavy atom. The van der Waals surface area contributed by atoms with Gasteiger partial charge in [0.25, 0.3) is 0 Å². The minimum absolute atomic E-state index is 0.293. The minimum Gasteiger partial charge on any atom is -0.441 e. The summed E-state index contributed by atoms with van der Waals surface area (Å²) in [6, 6.07) is 0. The van der Waals surface area contributed by atoms with Gasteiger partial charge in [0.15, 0.2) is 11.6 Å². The van der Waals surface area contributed by atoms with Gasteiger partial charge < -0.3 is 4.74 Å². The van der Waals surface area contributed by atoms with Crippen LogP contribution in [0.25, 0.3) is 0 Å². The molecule has 1 saturated heterocycles. The van der Waals surface area contributed by atoms with Crippen molar-refractivity contribution in [2.45, 2.75) is 73.7 Å². The van der Waals surface area contributed by atoms with Crippen molar-refractivity contribution in [2.24, 2.45) is 16.2 Å². The highest BCUT2D eigenvalue weighted by Crippen LogP contribution is 2.58. The van der Waals surface area contributed by atoms with Crippen LogP contribution in [0.15, 0.2) is 0 Å². The number of nitrogens with zero attached hydrogens (tertiary/aromatic N) is 1. The molecule has 1 fully saturated rings. The monoisotopic (exact) mass is 365 g/mol. The summed E-state index contributed by atoms with van der Waals surface area (Å²) in [7, 11) is 0. The molecule has 0 aromatic heterocycles. The van der Waals surface area contributed by atoms with Gasteiger partial charge in [-0.1, -0.05) is 41.5 Å². The normalized spacial score (nSPS) is 21.4. The summed E-state index contributed by atoms with van der Waals surface area (Å²) in [4.78, 5) is 36.4. The average molecular weight is 365 g/mol. The van der Waals surface area contributed by atoms with E-state index in [0.29, 0.717) is 4.90 Å². The van der Waals surface area contributed by atoms with Crippen LogP contribution in [0, 0.1) is 16.2 Å². The third kappa shape index (κ3) is 3.98. The quantitative estimate of drug-likeness (QED) is 0.565. The zero-order valence-electron chi connectivity index (χ0n) is 15.7. The van der Waals surface area contributed by atoms with Crippen LogP contribution in [0.3, 0.4) is 0 Å². The van der Waals surface area contributed by atoms with E-state index in [4.69, 9.17) is 4.74 Å². The fourth-order valence-corrected chi connectivity index (χ4v) is 3.23. The summed E-state index contributed by atoms with van der Waals surface area (Å²) in [6.45, 7) is 9.87. The third-order valence-corrected chi connectivity index (χ3v) is 4.35. The van der Waals surface area contributed by atoms with Gasteiger partial charge in [-0.25, -0.2) is 4.90 Å². The van der Waals surface area contributed by atoms with Crippen molar-refractivity contribution in [3.63, 3.8) is 0 Å². The van der Waals surface area contributed by atoms with Crippen LogP contribution in [0.1, 0.15) is 61.3 Å². The summed E-state index contributed by atoms with van der Waals surface area (Å²) < 4.78 is 47.5. The number of imide groups is 1. The molecule has 0 aromatic rings. The molecule has 1 aliphatic rings. The Bertz CT molecular complexity index is 556. The van der Waals surface area contributed by atoms with E-state index in [-0.39, 0.29) is 6.42 Å². The van der Waals surface area contributed by atoms with Crippen molar-refractivity contribution >= 4 is 17.8 Å². The van der Waals surface area contributed by atoms with E-state index in [0.717, 1.165) is 6.92 Å². The molecule has 0 bridgehead atoms. The summed E-state index contributed by atoms with van der Waals surface area (Å²) >= 11 is 0. The van der Waals surface area contributed by atoms with Gasteiger partial charge in [0.2, 0.25) is 11.8 Å². The number of rotatable bonds is 3. The lowest BCUT2D eigenvalue weighted by Crippen LogP contribution is -2.67. The van der Waals surface area contributed by atoms with E-state index in [1.807, 2.05) is 0 Å². The second-order valence-corrected chi connectivity index (χ2v) is 8.73. The predicted molar refractivity (Wildman–Crippen MR) is 84.0 cm³/mol. The molecule has 144 valence electrons. The van der Waals surface area contributed by atoms with Crippen LogP contribution in [-0.2, 0) is 19.1 Å². The molecule has 0 radical (unpaired) electrons. The third-order valence-electron chi connectivity index (χ3n) is 4.35. The Morgan fingerprint density at radius 2 is 1.60 bits per heavy atom. The number of alkyl halides is 3. The molecule has 0 spiro atoms. The van der Waals surface area contributed by atoms with E-state index >= 15 is 0 Å². The van der Waals surface area contributed by atoms with Crippen molar-refractivity contribution in [3.8, 4) is 0 Å². The second kappa shape index (κ2) is 6.29. The average Bonchev–Trinajstić information content (AvgIpc) is 2.30. The van der Waals surface area contributed by atoms with Crippen LogP contribution in [-0.4, -0.2) is 35.1 Å². The van der Waals surface area contributed by atoms with E-state index < -0.39 is 52.9 Å². The Kier molecular flexibility index (Phi) is 5.39. The number of β-lactam (4-membered cyclic amide) rings is 1. The lowest BCUT2D eigenvalue weighted by Gasteiger charge is -2.51. The maximum Gasteiger partial charge on any atom is 0.403 e. The molecule has 8 heteroatoms. The Balaban J connectivity index is 3.48. The van der Waals surface area contributed by atoms with E-state index in [9.17, 15) is 27.6 Å². The van der Waals surface area contributed by atoms with E-state index in [1.54, 1.807) is 20.8 Å². The second-order valence-electron chi connectivity index (χ2n) is 8.73. The van der Waals surface area contributed by atoms with Crippen LogP contribution in [0.4, 0.5) is 13.2 Å². The van der Waals surface area contributed by atoms with Gasteiger partial charge >= 0.3 is 12.1 Å². The summed E-state index contributed by atoms with van der Waals surface area (Å²) in [5, 5.41) is 0. The SMILES string of the molecule is CC(=O)OC1CC(=O)N1C(=O)C(CC(C)(C)C)(C(C)(C)C)C(F)(F)F. The maximum atomic E-state index is 14.2. The highest BCUT2D eigenvalue weighted by molar-refractivity contribution is 6.03. The number of hydrogen-bond acceptors (Lipinski definition) is 4. The molecule has 1 rings (SSSR count).